The lowest BCUT2D eigenvalue weighted by Crippen LogP contribution is -2.07. The van der Waals surface area contributed by atoms with E-state index >= 15 is 0 Å². The highest BCUT2D eigenvalue weighted by molar-refractivity contribution is 6.02. The van der Waals surface area contributed by atoms with Gasteiger partial charge in [0.05, 0.1) is 28.4 Å². The van der Waals surface area contributed by atoms with E-state index in [1.165, 1.54) is 19.3 Å². The number of hydrogen-bond donors (Lipinski definition) is 2. The summed E-state index contributed by atoms with van der Waals surface area (Å²) in [4.78, 5) is 12.4. The summed E-state index contributed by atoms with van der Waals surface area (Å²) >= 11 is 0. The number of carbonyl (C=O) groups is 1. The minimum absolute atomic E-state index is 0.0421. The number of phenols is 1. The molecular weight excluding hydrogens is 434 g/mol. The maximum atomic E-state index is 12.4. The summed E-state index contributed by atoms with van der Waals surface area (Å²) in [5.74, 6) is 1.78. The number of nitrogens with one attached hydrogen (secondary N) is 1. The molecule has 176 valence electrons. The molecule has 0 spiro atoms. The Bertz CT molecular complexity index is 1190. The van der Waals surface area contributed by atoms with Crippen molar-refractivity contribution in [3.63, 3.8) is 0 Å². The van der Waals surface area contributed by atoms with Crippen LogP contribution in [0.15, 0.2) is 60.7 Å². The minimum atomic E-state index is -0.280. The molecule has 7 heteroatoms. The second-order valence-electron chi connectivity index (χ2n) is 7.17. The first-order chi connectivity index (χ1) is 16.5. The molecule has 7 nitrogen and oxygen atoms in total. The summed E-state index contributed by atoms with van der Waals surface area (Å²) < 4.78 is 21.2. The predicted octanol–water partition coefficient (Wildman–Crippen LogP) is 5.25. The quantitative estimate of drug-likeness (QED) is 0.334. The van der Waals surface area contributed by atoms with Crippen molar-refractivity contribution in [2.45, 2.75) is 0 Å². The topological polar surface area (TPSA) is 86.3 Å². The van der Waals surface area contributed by atoms with Gasteiger partial charge in [-0.1, -0.05) is 30.4 Å². The van der Waals surface area contributed by atoms with Gasteiger partial charge in [-0.25, -0.2) is 0 Å². The third kappa shape index (κ3) is 6.10. The van der Waals surface area contributed by atoms with Crippen LogP contribution >= 0.6 is 0 Å². The molecule has 0 aliphatic rings. The third-order valence-corrected chi connectivity index (χ3v) is 4.94. The van der Waals surface area contributed by atoms with Crippen LogP contribution in [0.2, 0.25) is 0 Å². The molecule has 0 aliphatic carbocycles. The average Bonchev–Trinajstić information content (AvgIpc) is 2.86. The van der Waals surface area contributed by atoms with Crippen molar-refractivity contribution in [2.75, 3.05) is 33.8 Å². The number of amides is 1. The fourth-order valence-corrected chi connectivity index (χ4v) is 3.26. The van der Waals surface area contributed by atoms with Gasteiger partial charge in [0, 0.05) is 11.8 Å². The maximum Gasteiger partial charge on any atom is 0.248 e. The van der Waals surface area contributed by atoms with E-state index in [4.69, 9.17) is 18.9 Å². The molecular formula is C27H27NO6. The van der Waals surface area contributed by atoms with Crippen molar-refractivity contribution in [3.8, 4) is 28.7 Å². The Hall–Kier alpha value is -4.39. The first kappa shape index (κ1) is 24.3. The number of phenolic OH excluding ortho intramolecular Hbond substituents is 1. The maximum absolute atomic E-state index is 12.4. The molecule has 3 aromatic carbocycles. The molecule has 0 bridgehead atoms. The van der Waals surface area contributed by atoms with Crippen molar-refractivity contribution in [3.05, 3.63) is 77.4 Å². The van der Waals surface area contributed by atoms with Crippen LogP contribution in [0.25, 0.3) is 18.2 Å². The number of rotatable bonds is 9. The van der Waals surface area contributed by atoms with Crippen molar-refractivity contribution < 1.29 is 28.8 Å². The molecule has 3 aromatic rings. The number of ether oxygens (including phenoxy) is 4. The molecule has 0 unspecified atom stereocenters. The molecule has 3 rings (SSSR count). The van der Waals surface area contributed by atoms with E-state index in [0.717, 1.165) is 16.7 Å². The largest absolute Gasteiger partial charge is 0.504 e. The first-order valence-corrected chi connectivity index (χ1v) is 10.4. The van der Waals surface area contributed by atoms with Crippen molar-refractivity contribution in [2.24, 2.45) is 0 Å². The van der Waals surface area contributed by atoms with E-state index in [1.54, 1.807) is 39.5 Å². The Balaban J connectivity index is 1.71. The van der Waals surface area contributed by atoms with Gasteiger partial charge in [0.2, 0.25) is 11.7 Å². The summed E-state index contributed by atoms with van der Waals surface area (Å²) in [5, 5.41) is 12.5. The minimum Gasteiger partial charge on any atom is -0.504 e. The zero-order chi connectivity index (χ0) is 24.5. The van der Waals surface area contributed by atoms with E-state index in [1.807, 2.05) is 48.6 Å². The van der Waals surface area contributed by atoms with Crippen molar-refractivity contribution in [1.29, 1.82) is 0 Å². The molecule has 0 aliphatic heterocycles. The van der Waals surface area contributed by atoms with Gasteiger partial charge in [-0.3, -0.25) is 4.79 Å². The molecule has 0 atom stereocenters. The Morgan fingerprint density at radius 3 is 2.00 bits per heavy atom. The molecule has 0 fully saturated rings. The van der Waals surface area contributed by atoms with Crippen LogP contribution < -0.4 is 24.3 Å². The Morgan fingerprint density at radius 2 is 1.35 bits per heavy atom. The van der Waals surface area contributed by atoms with E-state index in [0.29, 0.717) is 28.7 Å². The van der Waals surface area contributed by atoms with Gasteiger partial charge in [0.15, 0.2) is 23.0 Å². The number of carbonyl (C=O) groups excluding carboxylic acids is 1. The van der Waals surface area contributed by atoms with Crippen molar-refractivity contribution >= 4 is 29.8 Å². The smallest absolute Gasteiger partial charge is 0.248 e. The summed E-state index contributed by atoms with van der Waals surface area (Å²) in [6.07, 6.45) is 6.91. The highest BCUT2D eigenvalue weighted by atomic mass is 16.5. The molecule has 0 heterocycles. The lowest BCUT2D eigenvalue weighted by Gasteiger charge is -2.12. The van der Waals surface area contributed by atoms with Crippen LogP contribution in [0.1, 0.15) is 16.7 Å². The summed E-state index contributed by atoms with van der Waals surface area (Å²) in [6, 6.07) is 16.0. The van der Waals surface area contributed by atoms with Crippen LogP contribution in [-0.2, 0) is 4.79 Å². The molecule has 1 amide bonds. The number of anilines is 1. The number of methoxy groups -OCH3 is 4. The SMILES string of the molecule is COc1cc(/C=C/C(=O)Nc2cccc(/C=C/c3cc(OC)c(OC)c(OC)c3)c2)ccc1O. The van der Waals surface area contributed by atoms with Crippen molar-refractivity contribution in [1.82, 2.24) is 0 Å². The van der Waals surface area contributed by atoms with Crippen LogP contribution in [0.5, 0.6) is 28.7 Å². The Morgan fingerprint density at radius 1 is 0.735 bits per heavy atom. The predicted molar refractivity (Wildman–Crippen MR) is 134 cm³/mol. The van der Waals surface area contributed by atoms with Gasteiger partial charge < -0.3 is 29.4 Å². The third-order valence-electron chi connectivity index (χ3n) is 4.94. The van der Waals surface area contributed by atoms with E-state index < -0.39 is 0 Å². The number of hydrogen-bond acceptors (Lipinski definition) is 6. The average molecular weight is 462 g/mol. The zero-order valence-corrected chi connectivity index (χ0v) is 19.5. The highest BCUT2D eigenvalue weighted by Gasteiger charge is 2.12. The summed E-state index contributed by atoms with van der Waals surface area (Å²) in [7, 11) is 6.18. The van der Waals surface area contributed by atoms with Crippen LogP contribution in [0, 0.1) is 0 Å². The Labute approximate surface area is 198 Å². The van der Waals surface area contributed by atoms with Gasteiger partial charge in [0.25, 0.3) is 0 Å². The van der Waals surface area contributed by atoms with Gasteiger partial charge in [0.1, 0.15) is 0 Å². The second-order valence-corrected chi connectivity index (χ2v) is 7.17. The van der Waals surface area contributed by atoms with Crippen LogP contribution in [-0.4, -0.2) is 39.5 Å². The van der Waals surface area contributed by atoms with Gasteiger partial charge in [-0.05, 0) is 59.2 Å². The number of aromatic hydroxyl groups is 1. The fourth-order valence-electron chi connectivity index (χ4n) is 3.26. The molecule has 0 aromatic heterocycles. The van der Waals surface area contributed by atoms with Crippen LogP contribution in [0.3, 0.4) is 0 Å². The molecule has 34 heavy (non-hydrogen) atoms. The zero-order valence-electron chi connectivity index (χ0n) is 19.5. The second kappa shape index (κ2) is 11.5. The summed E-state index contributed by atoms with van der Waals surface area (Å²) in [5.41, 5.74) is 3.16. The lowest BCUT2D eigenvalue weighted by molar-refractivity contribution is -0.111. The van der Waals surface area contributed by atoms with Gasteiger partial charge in [-0.15, -0.1) is 0 Å². The van der Waals surface area contributed by atoms with Gasteiger partial charge >= 0.3 is 0 Å². The molecule has 0 saturated carbocycles. The van der Waals surface area contributed by atoms with E-state index in [9.17, 15) is 9.90 Å². The lowest BCUT2D eigenvalue weighted by atomic mass is 10.1. The molecule has 0 saturated heterocycles. The molecule has 2 N–H and O–H groups in total. The highest BCUT2D eigenvalue weighted by Crippen LogP contribution is 2.38. The van der Waals surface area contributed by atoms with Crippen LogP contribution in [0.4, 0.5) is 5.69 Å². The Kier molecular flexibility index (Phi) is 8.18. The normalized spacial score (nSPS) is 10.9. The fraction of sp³-hybridized carbons (Fsp3) is 0.148. The summed E-state index contributed by atoms with van der Waals surface area (Å²) in [6.45, 7) is 0. The number of benzene rings is 3. The molecule has 0 radical (unpaired) electrons. The standard InChI is InChI=1S/C27H27NO6/c1-31-23-15-19(10-12-22(23)29)11-13-26(30)28-21-7-5-6-18(14-21)8-9-20-16-24(32-2)27(34-4)25(17-20)33-3/h5-17,29H,1-4H3,(H,28,30)/b9-8+,13-11+. The van der Waals surface area contributed by atoms with E-state index in [-0.39, 0.29) is 11.7 Å². The monoisotopic (exact) mass is 461 g/mol. The van der Waals surface area contributed by atoms with Gasteiger partial charge in [-0.2, -0.15) is 0 Å². The first-order valence-electron chi connectivity index (χ1n) is 10.4. The van der Waals surface area contributed by atoms with E-state index in [2.05, 4.69) is 5.32 Å².